The Bertz CT molecular complexity index is 2830. The van der Waals surface area contributed by atoms with Crippen molar-refractivity contribution < 1.29 is 44.3 Å². The Morgan fingerprint density at radius 3 is 2.47 bits per heavy atom. The summed E-state index contributed by atoms with van der Waals surface area (Å²) in [6.45, 7) is -0.972. The first-order chi connectivity index (χ1) is 26.9. The van der Waals surface area contributed by atoms with Crippen LogP contribution in [-0.2, 0) is 40.8 Å². The number of halogens is 7. The maximum Gasteiger partial charge on any atom is 0.293 e. The zero-order chi connectivity index (χ0) is 40.9. The maximum atomic E-state index is 15.4. The number of aryl methyl sites for hydroxylation is 1. The molecule has 298 valence electrons. The van der Waals surface area contributed by atoms with Gasteiger partial charge in [-0.15, -0.1) is 0 Å². The van der Waals surface area contributed by atoms with Crippen molar-refractivity contribution in [2.24, 2.45) is 13.0 Å². The molecule has 1 saturated carbocycles. The number of aromatic nitrogens is 6. The molecule has 13 nitrogen and oxygen atoms in total. The molecule has 1 unspecified atom stereocenters. The fraction of sp³-hybridized carbons (Fsp3) is 0.306. The summed E-state index contributed by atoms with van der Waals surface area (Å²) >= 11 is 6.57. The molecule has 0 radical (unpaired) electrons. The van der Waals surface area contributed by atoms with Crippen LogP contribution < -0.4 is 20.3 Å². The molecule has 1 amide bonds. The van der Waals surface area contributed by atoms with Crippen molar-refractivity contribution in [1.29, 1.82) is 0 Å². The van der Waals surface area contributed by atoms with Crippen LogP contribution in [0.4, 0.5) is 32.2 Å². The summed E-state index contributed by atoms with van der Waals surface area (Å²) in [5.74, 6) is -8.70. The number of methoxy groups -OCH3 is 1. The van der Waals surface area contributed by atoms with Crippen LogP contribution in [0.25, 0.3) is 27.5 Å². The van der Waals surface area contributed by atoms with Gasteiger partial charge in [0.15, 0.2) is 5.82 Å². The largest absolute Gasteiger partial charge is 0.497 e. The first-order valence-corrected chi connectivity index (χ1v) is 19.4. The number of anilines is 1. The number of carbonyl (C=O) groups excluding carboxylic acids is 1. The SMILES string of the molecule is COc1ccc2nc(C(Cc3cc(F)cc(F)c3)NC(=O)Cn3nc(C(F)F)c4c3C(F)(F)[C@@H]3C[C@H]43)n(-c3ccc(Cl)c4c(NS(C)(=O)=O)nn(C)c34)c(=O)c2c1. The van der Waals surface area contributed by atoms with Gasteiger partial charge < -0.3 is 10.1 Å². The Morgan fingerprint density at radius 2 is 1.81 bits per heavy atom. The van der Waals surface area contributed by atoms with Crippen LogP contribution in [0.3, 0.4) is 0 Å². The standard InChI is InChI=1S/C36H29ClF6N8O5S/c1-49-30-25(7-5-22(37)28(30)33(47-49)48-57(3,54)55)51-34(45-23-6-4-18(56-2)12-20(23)35(51)53)24(10-15-8-16(38)11-17(39)9-15)44-26(52)14-50-31-27(29(46-50)32(40)41)19-13-21(19)36(31,42)43/h4-9,11-12,19,21,24,32H,10,13-14H2,1-3H3,(H,44,52)(H,47,48)/t19-,21+,24?/m0/s1. The number of alkyl halides is 4. The highest BCUT2D eigenvalue weighted by molar-refractivity contribution is 7.92. The second-order valence-electron chi connectivity index (χ2n) is 13.9. The van der Waals surface area contributed by atoms with E-state index in [9.17, 15) is 35.6 Å². The molecule has 1 fully saturated rings. The summed E-state index contributed by atoms with van der Waals surface area (Å²) in [6, 6.07) is 8.20. The van der Waals surface area contributed by atoms with Gasteiger partial charge in [0.2, 0.25) is 15.9 Å². The molecule has 3 atom stereocenters. The normalized spacial score (nSPS) is 17.5. The van der Waals surface area contributed by atoms with Crippen molar-refractivity contribution in [1.82, 2.24) is 34.4 Å². The fourth-order valence-corrected chi connectivity index (χ4v) is 8.42. The summed E-state index contributed by atoms with van der Waals surface area (Å²) in [6.07, 6.45) is -2.74. The van der Waals surface area contributed by atoms with E-state index in [1.807, 2.05) is 0 Å². The van der Waals surface area contributed by atoms with Crippen LogP contribution in [0.15, 0.2) is 53.3 Å². The van der Waals surface area contributed by atoms with E-state index in [0.29, 0.717) is 10.7 Å². The van der Waals surface area contributed by atoms with Crippen LogP contribution in [0, 0.1) is 17.6 Å². The molecular formula is C36H29ClF6N8O5S. The van der Waals surface area contributed by atoms with Crippen molar-refractivity contribution in [3.63, 3.8) is 0 Å². The Balaban J connectivity index is 1.33. The van der Waals surface area contributed by atoms with Gasteiger partial charge in [0.25, 0.3) is 17.9 Å². The summed E-state index contributed by atoms with van der Waals surface area (Å²) < 4.78 is 123. The topological polar surface area (TPSA) is 155 Å². The van der Waals surface area contributed by atoms with Crippen molar-refractivity contribution in [3.05, 3.63) is 104 Å². The molecule has 21 heteroatoms. The number of amides is 1. The average Bonchev–Trinajstić information content (AvgIpc) is 3.66. The predicted molar refractivity (Wildman–Crippen MR) is 195 cm³/mol. The van der Waals surface area contributed by atoms with Crippen molar-refractivity contribution in [2.75, 3.05) is 18.1 Å². The third-order valence-electron chi connectivity index (χ3n) is 10.0. The zero-order valence-corrected chi connectivity index (χ0v) is 31.4. The van der Waals surface area contributed by atoms with Crippen LogP contribution >= 0.6 is 11.6 Å². The molecule has 0 spiro atoms. The van der Waals surface area contributed by atoms with E-state index in [2.05, 4.69) is 20.2 Å². The van der Waals surface area contributed by atoms with Gasteiger partial charge >= 0.3 is 0 Å². The highest BCUT2D eigenvalue weighted by Gasteiger charge is 2.67. The van der Waals surface area contributed by atoms with Crippen LogP contribution in [-0.4, -0.2) is 56.8 Å². The Labute approximate surface area is 323 Å². The second kappa shape index (κ2) is 13.5. The minimum absolute atomic E-state index is 0.00135. The van der Waals surface area contributed by atoms with Crippen molar-refractivity contribution >= 4 is 55.2 Å². The Hall–Kier alpha value is -5.63. The smallest absolute Gasteiger partial charge is 0.293 e. The Morgan fingerprint density at radius 1 is 1.09 bits per heavy atom. The second-order valence-corrected chi connectivity index (χ2v) is 16.1. The van der Waals surface area contributed by atoms with Gasteiger partial charge in [-0.2, -0.15) is 19.0 Å². The number of rotatable bonds is 11. The van der Waals surface area contributed by atoms with Gasteiger partial charge in [-0.05, 0) is 60.4 Å². The van der Waals surface area contributed by atoms with Crippen molar-refractivity contribution in [3.8, 4) is 11.4 Å². The van der Waals surface area contributed by atoms with Crippen LogP contribution in [0.1, 0.15) is 53.1 Å². The van der Waals surface area contributed by atoms with E-state index < -0.39 is 87.7 Å². The van der Waals surface area contributed by atoms with Gasteiger partial charge in [-0.3, -0.25) is 28.2 Å². The number of ether oxygens (including phenoxy) is 1. The molecule has 2 aliphatic rings. The van der Waals surface area contributed by atoms with E-state index in [0.717, 1.165) is 23.0 Å². The minimum atomic E-state index is -3.90. The van der Waals surface area contributed by atoms with Gasteiger partial charge in [-0.1, -0.05) is 11.6 Å². The minimum Gasteiger partial charge on any atom is -0.497 e. The molecule has 57 heavy (non-hydrogen) atoms. The lowest BCUT2D eigenvalue weighted by Gasteiger charge is -2.24. The van der Waals surface area contributed by atoms with E-state index in [4.69, 9.17) is 21.3 Å². The van der Waals surface area contributed by atoms with E-state index in [1.165, 1.54) is 49.2 Å². The lowest BCUT2D eigenvalue weighted by Crippen LogP contribution is -2.38. The first kappa shape index (κ1) is 38.3. The average molecular weight is 835 g/mol. The molecule has 3 heterocycles. The molecule has 0 saturated heterocycles. The number of hydrogen-bond acceptors (Lipinski definition) is 8. The molecule has 2 aliphatic carbocycles. The lowest BCUT2D eigenvalue weighted by molar-refractivity contribution is -0.123. The molecule has 2 N–H and O–H groups in total. The van der Waals surface area contributed by atoms with E-state index in [1.54, 1.807) is 0 Å². The lowest BCUT2D eigenvalue weighted by atomic mass is 10.0. The highest BCUT2D eigenvalue weighted by Crippen LogP contribution is 2.68. The van der Waals surface area contributed by atoms with Gasteiger partial charge in [0, 0.05) is 31.0 Å². The van der Waals surface area contributed by atoms with Crippen molar-refractivity contribution in [2.45, 2.75) is 43.7 Å². The molecule has 6 aromatic rings. The first-order valence-electron chi connectivity index (χ1n) is 17.1. The number of hydrogen-bond donors (Lipinski definition) is 2. The maximum absolute atomic E-state index is 15.4. The molecule has 0 bridgehead atoms. The molecule has 3 aromatic carbocycles. The molecular weight excluding hydrogens is 806 g/mol. The molecule has 0 aliphatic heterocycles. The summed E-state index contributed by atoms with van der Waals surface area (Å²) in [4.78, 5) is 33.4. The monoisotopic (exact) mass is 834 g/mol. The Kier molecular flexibility index (Phi) is 9.06. The quantitative estimate of drug-likeness (QED) is 0.150. The van der Waals surface area contributed by atoms with E-state index >= 15 is 8.78 Å². The highest BCUT2D eigenvalue weighted by atomic mass is 35.5. The number of fused-ring (bicyclic) bond motifs is 5. The summed E-state index contributed by atoms with van der Waals surface area (Å²) in [7, 11) is -1.08. The number of carbonyl (C=O) groups is 1. The van der Waals surface area contributed by atoms with Gasteiger partial charge in [0.1, 0.15) is 41.1 Å². The van der Waals surface area contributed by atoms with Crippen LogP contribution in [0.5, 0.6) is 5.75 Å². The van der Waals surface area contributed by atoms with Crippen LogP contribution in [0.2, 0.25) is 5.02 Å². The summed E-state index contributed by atoms with van der Waals surface area (Å²) in [5.41, 5.74) is -2.50. The number of nitrogens with one attached hydrogen (secondary N) is 2. The number of sulfonamides is 1. The third kappa shape index (κ3) is 6.63. The number of nitrogens with zero attached hydrogens (tertiary/aromatic N) is 6. The van der Waals surface area contributed by atoms with Gasteiger partial charge in [0.05, 0.1) is 51.9 Å². The molecule has 8 rings (SSSR count). The van der Waals surface area contributed by atoms with Gasteiger partial charge in [-0.25, -0.2) is 31.0 Å². The number of benzene rings is 3. The predicted octanol–water partition coefficient (Wildman–Crippen LogP) is 6.03. The zero-order valence-electron chi connectivity index (χ0n) is 29.8. The summed E-state index contributed by atoms with van der Waals surface area (Å²) in [5, 5.41) is 10.7. The third-order valence-corrected chi connectivity index (χ3v) is 10.9. The molecule has 3 aromatic heterocycles. The van der Waals surface area contributed by atoms with E-state index in [-0.39, 0.29) is 67.5 Å². The fourth-order valence-electron chi connectivity index (χ4n) is 7.69.